The van der Waals surface area contributed by atoms with Crippen LogP contribution in [-0.2, 0) is 15.1 Å². The van der Waals surface area contributed by atoms with Gasteiger partial charge in [0.2, 0.25) is 5.91 Å². The van der Waals surface area contributed by atoms with Crippen LogP contribution in [0.5, 0.6) is 0 Å². The van der Waals surface area contributed by atoms with Crippen molar-refractivity contribution in [2.75, 3.05) is 29.9 Å². The van der Waals surface area contributed by atoms with E-state index in [1.54, 1.807) is 19.1 Å². The normalized spacial score (nSPS) is 20.9. The second kappa shape index (κ2) is 8.40. The fraction of sp³-hybridized carbons (Fsp3) is 0.318. The van der Waals surface area contributed by atoms with E-state index in [4.69, 9.17) is 23.2 Å². The van der Waals surface area contributed by atoms with Crippen LogP contribution in [0, 0.1) is 0 Å². The van der Waals surface area contributed by atoms with E-state index >= 15 is 0 Å². The average molecular weight is 461 g/mol. The van der Waals surface area contributed by atoms with Crippen molar-refractivity contribution in [2.24, 2.45) is 0 Å². The fourth-order valence-corrected chi connectivity index (χ4v) is 4.59. The number of urea groups is 1. The Morgan fingerprint density at radius 3 is 2.42 bits per heavy atom. The predicted molar refractivity (Wildman–Crippen MR) is 121 cm³/mol. The van der Waals surface area contributed by atoms with Crippen molar-refractivity contribution in [3.05, 3.63) is 58.1 Å². The number of hydrogen-bond acceptors (Lipinski definition) is 4. The van der Waals surface area contributed by atoms with E-state index in [2.05, 4.69) is 15.5 Å². The summed E-state index contributed by atoms with van der Waals surface area (Å²) in [5.74, 6) is -1.02. The number of carbonyl (C=O) groups is 3. The quantitative estimate of drug-likeness (QED) is 0.660. The summed E-state index contributed by atoms with van der Waals surface area (Å²) in [5, 5.41) is 6.05. The maximum Gasteiger partial charge on any atom is 0.325 e. The van der Waals surface area contributed by atoms with Crippen LogP contribution in [-0.4, -0.2) is 42.4 Å². The number of hydrogen-bond donors (Lipinski definition) is 2. The number of carbonyl (C=O) groups excluding carboxylic acids is 3. The standard InChI is InChI=1S/C22H22Cl2N4O3/c1-22(17-9-4-14(23)12-18(17)24)20(30)28(21(31)26-22)13-19(29)25-15-5-7-16(8-6-15)27-10-2-3-11-27/h4-9,12H,2-3,10-11,13H2,1H3,(H,25,29)(H,26,31). The van der Waals surface area contributed by atoms with Gasteiger partial charge >= 0.3 is 6.03 Å². The summed E-state index contributed by atoms with van der Waals surface area (Å²) in [7, 11) is 0. The van der Waals surface area contributed by atoms with Crippen LogP contribution < -0.4 is 15.5 Å². The molecule has 0 radical (unpaired) electrons. The van der Waals surface area contributed by atoms with E-state index in [-0.39, 0.29) is 5.02 Å². The third-order valence-electron chi connectivity index (χ3n) is 5.67. The molecular formula is C22H22Cl2N4O3. The zero-order chi connectivity index (χ0) is 22.2. The third kappa shape index (κ3) is 4.20. The molecule has 2 aliphatic rings. The minimum Gasteiger partial charge on any atom is -0.372 e. The van der Waals surface area contributed by atoms with Crippen LogP contribution in [0.4, 0.5) is 16.2 Å². The molecule has 2 saturated heterocycles. The van der Waals surface area contributed by atoms with E-state index in [9.17, 15) is 14.4 Å². The van der Waals surface area contributed by atoms with Gasteiger partial charge in [-0.1, -0.05) is 29.3 Å². The SMILES string of the molecule is CC1(c2ccc(Cl)cc2Cl)NC(=O)N(CC(=O)Nc2ccc(N3CCCC3)cc2)C1=O. The first-order chi connectivity index (χ1) is 14.8. The summed E-state index contributed by atoms with van der Waals surface area (Å²) in [6.07, 6.45) is 2.37. The summed E-state index contributed by atoms with van der Waals surface area (Å²) in [6, 6.07) is 11.6. The summed E-state index contributed by atoms with van der Waals surface area (Å²) < 4.78 is 0. The maximum absolute atomic E-state index is 13.0. The van der Waals surface area contributed by atoms with Gasteiger partial charge < -0.3 is 15.5 Å². The summed E-state index contributed by atoms with van der Waals surface area (Å²) in [6.45, 7) is 3.22. The highest BCUT2D eigenvalue weighted by molar-refractivity contribution is 6.35. The number of nitrogens with one attached hydrogen (secondary N) is 2. The molecule has 0 saturated carbocycles. The van der Waals surface area contributed by atoms with Crippen molar-refractivity contribution < 1.29 is 14.4 Å². The Balaban J connectivity index is 1.43. The van der Waals surface area contributed by atoms with Crippen molar-refractivity contribution in [2.45, 2.75) is 25.3 Å². The van der Waals surface area contributed by atoms with Gasteiger partial charge in [0.15, 0.2) is 0 Å². The number of imide groups is 1. The lowest BCUT2D eigenvalue weighted by atomic mass is 9.92. The molecule has 0 bridgehead atoms. The summed E-state index contributed by atoms with van der Waals surface area (Å²) in [4.78, 5) is 41.2. The molecule has 2 aromatic carbocycles. The van der Waals surface area contributed by atoms with Crippen molar-refractivity contribution in [3.8, 4) is 0 Å². The van der Waals surface area contributed by atoms with Gasteiger partial charge in [0.25, 0.3) is 5.91 Å². The van der Waals surface area contributed by atoms with Gasteiger partial charge in [-0.25, -0.2) is 4.79 Å². The van der Waals surface area contributed by atoms with Gasteiger partial charge in [0, 0.05) is 40.1 Å². The monoisotopic (exact) mass is 460 g/mol. The first-order valence-electron chi connectivity index (χ1n) is 10.0. The molecule has 4 amide bonds. The Labute approximate surface area is 190 Å². The Morgan fingerprint density at radius 1 is 1.10 bits per heavy atom. The molecule has 7 nitrogen and oxygen atoms in total. The minimum absolute atomic E-state index is 0.257. The fourth-order valence-electron chi connectivity index (χ4n) is 3.99. The maximum atomic E-state index is 13.0. The Kier molecular flexibility index (Phi) is 5.81. The minimum atomic E-state index is -1.38. The summed E-state index contributed by atoms with van der Waals surface area (Å²) in [5.41, 5.74) is 0.747. The molecule has 1 unspecified atom stereocenters. The number of nitrogens with zero attached hydrogens (tertiary/aromatic N) is 2. The van der Waals surface area contributed by atoms with E-state index in [0.717, 1.165) is 23.7 Å². The van der Waals surface area contributed by atoms with Gasteiger partial charge in [0.1, 0.15) is 12.1 Å². The van der Waals surface area contributed by atoms with Crippen LogP contribution in [0.15, 0.2) is 42.5 Å². The Bertz CT molecular complexity index is 1040. The molecule has 2 fully saturated rings. The van der Waals surface area contributed by atoms with E-state index < -0.39 is 29.9 Å². The van der Waals surface area contributed by atoms with Crippen molar-refractivity contribution >= 4 is 52.4 Å². The van der Waals surface area contributed by atoms with E-state index in [1.165, 1.54) is 18.9 Å². The molecule has 1 atom stereocenters. The number of amides is 4. The second-order valence-corrected chi connectivity index (χ2v) is 8.70. The molecule has 0 aromatic heterocycles. The summed E-state index contributed by atoms with van der Waals surface area (Å²) >= 11 is 12.2. The van der Waals surface area contributed by atoms with Crippen LogP contribution >= 0.6 is 23.2 Å². The second-order valence-electron chi connectivity index (χ2n) is 7.86. The van der Waals surface area contributed by atoms with Crippen LogP contribution in [0.3, 0.4) is 0 Å². The van der Waals surface area contributed by atoms with Crippen LogP contribution in [0.2, 0.25) is 10.0 Å². The third-order valence-corrected chi connectivity index (χ3v) is 6.22. The van der Waals surface area contributed by atoms with Crippen LogP contribution in [0.1, 0.15) is 25.3 Å². The highest BCUT2D eigenvalue weighted by Gasteiger charge is 2.50. The lowest BCUT2D eigenvalue weighted by Crippen LogP contribution is -2.42. The molecule has 2 N–H and O–H groups in total. The van der Waals surface area contributed by atoms with Gasteiger partial charge in [-0.2, -0.15) is 0 Å². The lowest BCUT2D eigenvalue weighted by Gasteiger charge is -2.23. The zero-order valence-electron chi connectivity index (χ0n) is 17.0. The highest BCUT2D eigenvalue weighted by Crippen LogP contribution is 2.35. The Hall–Kier alpha value is -2.77. The molecule has 2 aromatic rings. The van der Waals surface area contributed by atoms with Crippen molar-refractivity contribution in [1.82, 2.24) is 10.2 Å². The smallest absolute Gasteiger partial charge is 0.325 e. The largest absolute Gasteiger partial charge is 0.372 e. The van der Waals surface area contributed by atoms with E-state index in [1.807, 2.05) is 24.3 Å². The number of benzene rings is 2. The molecule has 162 valence electrons. The number of rotatable bonds is 5. The van der Waals surface area contributed by atoms with E-state index in [0.29, 0.717) is 16.3 Å². The highest BCUT2D eigenvalue weighted by atomic mass is 35.5. The van der Waals surface area contributed by atoms with Crippen LogP contribution in [0.25, 0.3) is 0 Å². The van der Waals surface area contributed by atoms with Gasteiger partial charge in [-0.15, -0.1) is 0 Å². The van der Waals surface area contributed by atoms with Crippen molar-refractivity contribution in [1.29, 1.82) is 0 Å². The topological polar surface area (TPSA) is 81.8 Å². The molecule has 0 aliphatic carbocycles. The molecule has 2 heterocycles. The lowest BCUT2D eigenvalue weighted by molar-refractivity contribution is -0.133. The zero-order valence-corrected chi connectivity index (χ0v) is 18.5. The first kappa shape index (κ1) is 21.5. The molecular weight excluding hydrogens is 439 g/mol. The number of halogens is 2. The Morgan fingerprint density at radius 2 is 1.77 bits per heavy atom. The van der Waals surface area contributed by atoms with Gasteiger partial charge in [0.05, 0.1) is 0 Å². The molecule has 9 heteroatoms. The molecule has 2 aliphatic heterocycles. The average Bonchev–Trinajstić information content (AvgIpc) is 3.32. The number of anilines is 2. The van der Waals surface area contributed by atoms with Crippen molar-refractivity contribution in [3.63, 3.8) is 0 Å². The van der Waals surface area contributed by atoms with Gasteiger partial charge in [-0.05, 0) is 56.2 Å². The molecule has 31 heavy (non-hydrogen) atoms. The molecule has 0 spiro atoms. The predicted octanol–water partition coefficient (Wildman–Crippen LogP) is 4.00. The van der Waals surface area contributed by atoms with Gasteiger partial charge in [-0.3, -0.25) is 14.5 Å². The molecule has 4 rings (SSSR count). The first-order valence-corrected chi connectivity index (χ1v) is 10.8.